The number of amides is 1. The monoisotopic (exact) mass is 566 g/mol. The first-order valence-corrected chi connectivity index (χ1v) is 13.8. The van der Waals surface area contributed by atoms with Crippen LogP contribution in [0, 0.1) is 22.9 Å². The summed E-state index contributed by atoms with van der Waals surface area (Å²) in [5.74, 6) is -4.53. The van der Waals surface area contributed by atoms with Crippen LogP contribution < -0.4 is 10.6 Å². The molecule has 38 heavy (non-hydrogen) atoms. The fraction of sp³-hybridized carbons (Fsp3) is 0.500. The number of rotatable bonds is 4. The van der Waals surface area contributed by atoms with Crippen molar-refractivity contribution < 1.29 is 27.9 Å². The highest BCUT2D eigenvalue weighted by molar-refractivity contribution is 8.14. The van der Waals surface area contributed by atoms with E-state index in [-0.39, 0.29) is 32.5 Å². The maximum atomic E-state index is 15.7. The van der Waals surface area contributed by atoms with Crippen LogP contribution in [-0.4, -0.2) is 39.9 Å². The maximum Gasteiger partial charge on any atom is 0.238 e. The van der Waals surface area contributed by atoms with Gasteiger partial charge in [-0.25, -0.2) is 13.2 Å². The Balaban J connectivity index is 1.71. The molecule has 2 aliphatic heterocycles. The van der Waals surface area contributed by atoms with Crippen LogP contribution in [0.1, 0.15) is 64.0 Å². The summed E-state index contributed by atoms with van der Waals surface area (Å²) in [6.45, 7) is 7.60. The lowest BCUT2D eigenvalue weighted by Crippen LogP contribution is -2.57. The Kier molecular flexibility index (Phi) is 6.69. The highest BCUT2D eigenvalue weighted by Gasteiger charge is 2.66. The van der Waals surface area contributed by atoms with E-state index >= 15 is 4.39 Å². The van der Waals surface area contributed by atoms with Crippen LogP contribution in [0.3, 0.4) is 0 Å². The molecule has 1 aliphatic carbocycles. The van der Waals surface area contributed by atoms with E-state index in [1.807, 2.05) is 20.8 Å². The normalized spacial score (nSPS) is 32.4. The first kappa shape index (κ1) is 27.5. The fourth-order valence-electron chi connectivity index (χ4n) is 6.42. The van der Waals surface area contributed by atoms with Gasteiger partial charge in [0.05, 0.1) is 22.1 Å². The molecule has 2 fully saturated rings. The van der Waals surface area contributed by atoms with Crippen LogP contribution in [0.5, 0.6) is 0 Å². The molecule has 204 valence electrons. The Morgan fingerprint density at radius 1 is 1.21 bits per heavy atom. The van der Waals surface area contributed by atoms with Crippen LogP contribution in [0.25, 0.3) is 0 Å². The lowest BCUT2D eigenvalue weighted by atomic mass is 9.62. The minimum absolute atomic E-state index is 0.0497. The topological polar surface area (TPSA) is 78.4 Å². The molecule has 1 saturated heterocycles. The summed E-state index contributed by atoms with van der Waals surface area (Å²) in [6.07, 6.45) is 1.11. The van der Waals surface area contributed by atoms with Gasteiger partial charge in [0.15, 0.2) is 11.6 Å². The summed E-state index contributed by atoms with van der Waals surface area (Å²) < 4.78 is 44.7. The second-order valence-electron chi connectivity index (χ2n) is 12.2. The molecule has 1 saturated carbocycles. The first-order chi connectivity index (χ1) is 17.6. The van der Waals surface area contributed by atoms with Crippen molar-refractivity contribution in [2.24, 2.45) is 5.41 Å². The Labute approximate surface area is 228 Å². The van der Waals surface area contributed by atoms with E-state index in [9.17, 15) is 23.5 Å². The van der Waals surface area contributed by atoms with Crippen LogP contribution in [-0.2, 0) is 15.0 Å². The van der Waals surface area contributed by atoms with Gasteiger partial charge in [-0.05, 0) is 60.9 Å². The second kappa shape index (κ2) is 9.25. The molecule has 0 aromatic heterocycles. The van der Waals surface area contributed by atoms with Crippen molar-refractivity contribution in [3.05, 3.63) is 63.9 Å². The van der Waals surface area contributed by atoms with E-state index in [0.717, 1.165) is 23.9 Å². The molecule has 2 heterocycles. The van der Waals surface area contributed by atoms with Gasteiger partial charge in [-0.3, -0.25) is 9.59 Å². The van der Waals surface area contributed by atoms with Crippen molar-refractivity contribution in [2.45, 2.75) is 86.9 Å². The number of hydrogen-bond acceptors (Lipinski definition) is 5. The number of hydrogen-bond donors (Lipinski definition) is 3. The number of nitrogens with one attached hydrogen (secondary N) is 2. The summed E-state index contributed by atoms with van der Waals surface area (Å²) in [7, 11) is 0. The Morgan fingerprint density at radius 2 is 1.87 bits per heavy atom. The molecule has 4 atom stereocenters. The Hall–Kier alpha value is -2.07. The predicted molar refractivity (Wildman–Crippen MR) is 140 cm³/mol. The smallest absolute Gasteiger partial charge is 0.238 e. The van der Waals surface area contributed by atoms with Crippen molar-refractivity contribution in [1.29, 1.82) is 0 Å². The van der Waals surface area contributed by atoms with Gasteiger partial charge in [-0.15, -0.1) is 0 Å². The molecule has 1 amide bonds. The van der Waals surface area contributed by atoms with E-state index in [4.69, 9.17) is 11.6 Å². The van der Waals surface area contributed by atoms with E-state index in [1.54, 1.807) is 13.0 Å². The highest BCUT2D eigenvalue weighted by atomic mass is 35.5. The van der Waals surface area contributed by atoms with E-state index in [1.165, 1.54) is 12.1 Å². The summed E-state index contributed by atoms with van der Waals surface area (Å²) in [5, 5.41) is 15.8. The number of thioether (sulfide) groups is 1. The minimum atomic E-state index is -1.57. The van der Waals surface area contributed by atoms with Gasteiger partial charge in [-0.2, -0.15) is 0 Å². The maximum absolute atomic E-state index is 15.7. The van der Waals surface area contributed by atoms with Crippen LogP contribution in [0.2, 0.25) is 5.02 Å². The van der Waals surface area contributed by atoms with Crippen LogP contribution in [0.4, 0.5) is 13.2 Å². The molecule has 3 aliphatic rings. The number of carbonyl (C=O) groups excluding carboxylic acids is 2. The van der Waals surface area contributed by atoms with Crippen LogP contribution >= 0.6 is 23.4 Å². The zero-order valence-electron chi connectivity index (χ0n) is 21.5. The molecule has 0 radical (unpaired) electrons. The van der Waals surface area contributed by atoms with Crippen molar-refractivity contribution >= 4 is 34.4 Å². The highest BCUT2D eigenvalue weighted by Crippen LogP contribution is 2.60. The summed E-state index contributed by atoms with van der Waals surface area (Å²) in [6, 6.07) is 4.35. The number of halogens is 4. The number of carbonyl (C=O) groups is 2. The van der Waals surface area contributed by atoms with Crippen molar-refractivity contribution in [2.75, 3.05) is 0 Å². The standard InChI is InChI=1S/C28H30ClF3N2O3S/c1-26(2,3)12-20-28(15-8-17(30)18(31)9-19(15)38-25(28)36)21(14-6-5-7-16(29)22(14)32)23(34-20)24(35)33-13-10-27(4,37)11-13/h5-9,13,20-21,23,34,37H,10-12H2,1-4H3,(H,33,35)/t13-,20-,21+,23-,27+,28+/m1/s1. The predicted octanol–water partition coefficient (Wildman–Crippen LogP) is 5.22. The van der Waals surface area contributed by atoms with Gasteiger partial charge >= 0.3 is 0 Å². The lowest BCUT2D eigenvalue weighted by Gasteiger charge is -2.42. The molecule has 0 bridgehead atoms. The van der Waals surface area contributed by atoms with Crippen molar-refractivity contribution in [3.8, 4) is 0 Å². The van der Waals surface area contributed by atoms with Crippen molar-refractivity contribution in [3.63, 3.8) is 0 Å². The molecular weight excluding hydrogens is 537 g/mol. The van der Waals surface area contributed by atoms with Gasteiger partial charge in [0.25, 0.3) is 0 Å². The lowest BCUT2D eigenvalue weighted by molar-refractivity contribution is -0.127. The van der Waals surface area contributed by atoms with Crippen molar-refractivity contribution in [1.82, 2.24) is 10.6 Å². The average molecular weight is 567 g/mol. The SMILES string of the molecule is CC(C)(C)C[C@H]1N[C@@H](C(=O)N[C@H]2C[C@@](C)(O)C2)[C@H](c2cccc(Cl)c2F)[C@@]12C(=O)Sc1cc(F)c(F)cc12. The first-order valence-electron chi connectivity index (χ1n) is 12.6. The van der Waals surface area contributed by atoms with Crippen LogP contribution in [0.15, 0.2) is 35.2 Å². The largest absolute Gasteiger partial charge is 0.390 e. The summed E-state index contributed by atoms with van der Waals surface area (Å²) in [5.41, 5.74) is -2.51. The number of aliphatic hydroxyl groups is 1. The Bertz CT molecular complexity index is 1320. The summed E-state index contributed by atoms with van der Waals surface area (Å²) >= 11 is 6.95. The van der Waals surface area contributed by atoms with E-state index in [0.29, 0.717) is 19.3 Å². The molecule has 2 aromatic rings. The molecule has 5 nitrogen and oxygen atoms in total. The van der Waals surface area contributed by atoms with Gasteiger partial charge in [0.1, 0.15) is 5.82 Å². The zero-order chi connectivity index (χ0) is 27.8. The van der Waals surface area contributed by atoms with Gasteiger partial charge in [0.2, 0.25) is 11.0 Å². The quantitative estimate of drug-likeness (QED) is 0.473. The molecule has 5 rings (SSSR count). The number of benzene rings is 2. The minimum Gasteiger partial charge on any atom is -0.390 e. The molecule has 3 N–H and O–H groups in total. The van der Waals surface area contributed by atoms with Gasteiger partial charge in [-0.1, -0.05) is 56.3 Å². The summed E-state index contributed by atoms with van der Waals surface area (Å²) in [4.78, 5) is 28.1. The second-order valence-corrected chi connectivity index (χ2v) is 13.6. The Morgan fingerprint density at radius 3 is 2.50 bits per heavy atom. The zero-order valence-corrected chi connectivity index (χ0v) is 23.1. The van der Waals surface area contributed by atoms with E-state index < -0.39 is 57.5 Å². The number of fused-ring (bicyclic) bond motifs is 2. The average Bonchev–Trinajstić information content (AvgIpc) is 3.24. The van der Waals surface area contributed by atoms with E-state index in [2.05, 4.69) is 10.6 Å². The molecule has 0 unspecified atom stereocenters. The van der Waals surface area contributed by atoms with Gasteiger partial charge in [0, 0.05) is 22.9 Å². The molecule has 1 spiro atoms. The third-order valence-electron chi connectivity index (χ3n) is 7.90. The fourth-order valence-corrected chi connectivity index (χ4v) is 7.85. The third-order valence-corrected chi connectivity index (χ3v) is 9.27. The molecular formula is C28H30ClF3N2O3S. The molecule has 2 aromatic carbocycles. The van der Waals surface area contributed by atoms with Gasteiger partial charge < -0.3 is 15.7 Å². The molecule has 10 heteroatoms. The third kappa shape index (κ3) is 4.45.